The van der Waals surface area contributed by atoms with Crippen molar-refractivity contribution >= 4 is 27.5 Å². The van der Waals surface area contributed by atoms with E-state index in [0.29, 0.717) is 11.4 Å². The lowest BCUT2D eigenvalue weighted by Crippen LogP contribution is -2.00. The highest BCUT2D eigenvalue weighted by Crippen LogP contribution is 2.27. The SMILES string of the molecule is OC(Cc1ccco1)c1ccc(Br)c(Cl)c1. The molecule has 1 aromatic heterocycles. The van der Waals surface area contributed by atoms with Crippen molar-refractivity contribution < 1.29 is 9.52 Å². The molecule has 0 fully saturated rings. The molecule has 0 aliphatic heterocycles. The summed E-state index contributed by atoms with van der Waals surface area (Å²) in [6.45, 7) is 0. The lowest BCUT2D eigenvalue weighted by molar-refractivity contribution is 0.170. The first-order chi connectivity index (χ1) is 7.66. The number of aliphatic hydroxyl groups is 1. The van der Waals surface area contributed by atoms with E-state index in [1.54, 1.807) is 18.4 Å². The quantitative estimate of drug-likeness (QED) is 0.930. The standard InChI is InChI=1S/C12H10BrClO2/c13-10-4-3-8(6-11(10)14)12(15)7-9-2-1-5-16-9/h1-6,12,15H,7H2. The molecule has 1 aromatic carbocycles. The van der Waals surface area contributed by atoms with Crippen LogP contribution in [0.1, 0.15) is 17.4 Å². The molecule has 0 radical (unpaired) electrons. The third kappa shape index (κ3) is 2.67. The summed E-state index contributed by atoms with van der Waals surface area (Å²) in [6.07, 6.45) is 1.44. The van der Waals surface area contributed by atoms with Crippen molar-refractivity contribution in [3.63, 3.8) is 0 Å². The third-order valence-electron chi connectivity index (χ3n) is 2.30. The molecule has 1 N–H and O–H groups in total. The average Bonchev–Trinajstić information content (AvgIpc) is 2.74. The van der Waals surface area contributed by atoms with E-state index in [1.807, 2.05) is 18.2 Å². The van der Waals surface area contributed by atoms with Crippen molar-refractivity contribution in [3.8, 4) is 0 Å². The largest absolute Gasteiger partial charge is 0.469 e. The van der Waals surface area contributed by atoms with Crippen LogP contribution in [0.2, 0.25) is 5.02 Å². The summed E-state index contributed by atoms with van der Waals surface area (Å²) in [6, 6.07) is 9.05. The van der Waals surface area contributed by atoms with Gasteiger partial charge in [0.2, 0.25) is 0 Å². The van der Waals surface area contributed by atoms with Gasteiger partial charge in [-0.15, -0.1) is 0 Å². The second-order valence-corrected chi connectivity index (χ2v) is 4.73. The third-order valence-corrected chi connectivity index (χ3v) is 3.54. The van der Waals surface area contributed by atoms with Crippen LogP contribution >= 0.6 is 27.5 Å². The number of halogens is 2. The van der Waals surface area contributed by atoms with Gasteiger partial charge in [-0.25, -0.2) is 0 Å². The van der Waals surface area contributed by atoms with Crippen molar-refractivity contribution in [2.24, 2.45) is 0 Å². The van der Waals surface area contributed by atoms with Crippen LogP contribution in [0.3, 0.4) is 0 Å². The van der Waals surface area contributed by atoms with Crippen molar-refractivity contribution in [1.82, 2.24) is 0 Å². The van der Waals surface area contributed by atoms with Gasteiger partial charge < -0.3 is 9.52 Å². The molecular weight excluding hydrogens is 291 g/mol. The highest BCUT2D eigenvalue weighted by atomic mass is 79.9. The zero-order valence-corrected chi connectivity index (χ0v) is 10.7. The molecule has 0 aliphatic carbocycles. The van der Waals surface area contributed by atoms with Gasteiger partial charge in [0.15, 0.2) is 0 Å². The van der Waals surface area contributed by atoms with Gasteiger partial charge in [-0.05, 0) is 45.8 Å². The van der Waals surface area contributed by atoms with Gasteiger partial charge in [0.05, 0.1) is 17.4 Å². The molecule has 0 saturated carbocycles. The van der Waals surface area contributed by atoms with Gasteiger partial charge in [-0.1, -0.05) is 17.7 Å². The first-order valence-corrected chi connectivity index (χ1v) is 5.99. The van der Waals surface area contributed by atoms with Crippen LogP contribution in [0.4, 0.5) is 0 Å². The Labute approximate surface area is 107 Å². The number of aliphatic hydroxyl groups excluding tert-OH is 1. The van der Waals surface area contributed by atoms with Crippen LogP contribution < -0.4 is 0 Å². The fourth-order valence-electron chi connectivity index (χ4n) is 1.46. The first kappa shape index (κ1) is 11.7. The maximum absolute atomic E-state index is 9.97. The predicted octanol–water partition coefficient (Wildman–Crippen LogP) is 3.97. The van der Waals surface area contributed by atoms with E-state index in [-0.39, 0.29) is 0 Å². The number of furan rings is 1. The van der Waals surface area contributed by atoms with Gasteiger partial charge in [0.25, 0.3) is 0 Å². The lowest BCUT2D eigenvalue weighted by Gasteiger charge is -2.10. The van der Waals surface area contributed by atoms with E-state index in [4.69, 9.17) is 16.0 Å². The Morgan fingerprint density at radius 3 is 2.81 bits per heavy atom. The summed E-state index contributed by atoms with van der Waals surface area (Å²) in [7, 11) is 0. The Kier molecular flexibility index (Phi) is 3.69. The molecule has 1 unspecified atom stereocenters. The zero-order valence-electron chi connectivity index (χ0n) is 8.36. The Bertz CT molecular complexity index is 468. The second-order valence-electron chi connectivity index (χ2n) is 3.47. The Balaban J connectivity index is 2.14. The normalized spacial score (nSPS) is 12.7. The summed E-state index contributed by atoms with van der Waals surface area (Å²) >= 11 is 9.27. The molecule has 16 heavy (non-hydrogen) atoms. The van der Waals surface area contributed by atoms with E-state index in [2.05, 4.69) is 15.9 Å². The summed E-state index contributed by atoms with van der Waals surface area (Å²) in [5, 5.41) is 10.6. The van der Waals surface area contributed by atoms with Crippen molar-refractivity contribution in [2.45, 2.75) is 12.5 Å². The second kappa shape index (κ2) is 5.04. The molecule has 84 valence electrons. The van der Waals surface area contributed by atoms with E-state index >= 15 is 0 Å². The van der Waals surface area contributed by atoms with Crippen LogP contribution in [0, 0.1) is 0 Å². The molecule has 0 saturated heterocycles. The highest BCUT2D eigenvalue weighted by Gasteiger charge is 2.11. The molecule has 0 bridgehead atoms. The number of hydrogen-bond acceptors (Lipinski definition) is 2. The van der Waals surface area contributed by atoms with Gasteiger partial charge in [-0.2, -0.15) is 0 Å². The fraction of sp³-hybridized carbons (Fsp3) is 0.167. The number of rotatable bonds is 3. The topological polar surface area (TPSA) is 33.4 Å². The molecule has 2 aromatic rings. The Morgan fingerprint density at radius 2 is 2.19 bits per heavy atom. The zero-order chi connectivity index (χ0) is 11.5. The van der Waals surface area contributed by atoms with Crippen LogP contribution in [0.15, 0.2) is 45.5 Å². The molecule has 0 spiro atoms. The molecule has 2 rings (SSSR count). The van der Waals surface area contributed by atoms with Crippen LogP contribution in [0.25, 0.3) is 0 Å². The van der Waals surface area contributed by atoms with E-state index < -0.39 is 6.10 Å². The molecule has 0 aliphatic rings. The van der Waals surface area contributed by atoms with Crippen molar-refractivity contribution in [3.05, 3.63) is 57.4 Å². The maximum atomic E-state index is 9.97. The van der Waals surface area contributed by atoms with E-state index in [9.17, 15) is 5.11 Å². The van der Waals surface area contributed by atoms with Crippen LogP contribution in [-0.2, 0) is 6.42 Å². The summed E-state index contributed by atoms with van der Waals surface area (Å²) in [5.74, 6) is 0.756. The molecule has 0 amide bonds. The van der Waals surface area contributed by atoms with Crippen LogP contribution in [0.5, 0.6) is 0 Å². The molecular formula is C12H10BrClO2. The molecule has 1 atom stereocenters. The van der Waals surface area contributed by atoms with Gasteiger partial charge in [0.1, 0.15) is 5.76 Å². The average molecular weight is 302 g/mol. The van der Waals surface area contributed by atoms with E-state index in [0.717, 1.165) is 15.8 Å². The molecule has 4 heteroatoms. The van der Waals surface area contributed by atoms with Gasteiger partial charge in [-0.3, -0.25) is 0 Å². The number of hydrogen-bond donors (Lipinski definition) is 1. The minimum Gasteiger partial charge on any atom is -0.469 e. The van der Waals surface area contributed by atoms with Gasteiger partial charge in [0, 0.05) is 10.9 Å². The lowest BCUT2D eigenvalue weighted by atomic mass is 10.1. The van der Waals surface area contributed by atoms with E-state index in [1.165, 1.54) is 0 Å². The van der Waals surface area contributed by atoms with Crippen molar-refractivity contribution in [1.29, 1.82) is 0 Å². The maximum Gasteiger partial charge on any atom is 0.106 e. The Hall–Kier alpha value is -0.770. The fourth-order valence-corrected chi connectivity index (χ4v) is 1.89. The minimum atomic E-state index is -0.600. The molecule has 1 heterocycles. The molecule has 2 nitrogen and oxygen atoms in total. The summed E-state index contributed by atoms with van der Waals surface area (Å²) < 4.78 is 6.00. The number of benzene rings is 1. The highest BCUT2D eigenvalue weighted by molar-refractivity contribution is 9.10. The van der Waals surface area contributed by atoms with Crippen molar-refractivity contribution in [2.75, 3.05) is 0 Å². The first-order valence-electron chi connectivity index (χ1n) is 4.82. The predicted molar refractivity (Wildman–Crippen MR) is 66.5 cm³/mol. The van der Waals surface area contributed by atoms with Gasteiger partial charge >= 0.3 is 0 Å². The monoisotopic (exact) mass is 300 g/mol. The summed E-state index contributed by atoms with van der Waals surface area (Å²) in [5.41, 5.74) is 0.782. The smallest absolute Gasteiger partial charge is 0.106 e. The Morgan fingerprint density at radius 1 is 1.38 bits per heavy atom. The summed E-state index contributed by atoms with van der Waals surface area (Å²) in [4.78, 5) is 0. The minimum absolute atomic E-state index is 0.449. The van der Waals surface area contributed by atoms with Crippen LogP contribution in [-0.4, -0.2) is 5.11 Å².